The van der Waals surface area contributed by atoms with E-state index in [4.69, 9.17) is 0 Å². The molecular formula is C20H14N2O8S2. The normalized spacial score (nSPS) is 17.9. The first-order valence-electron chi connectivity index (χ1n) is 8.65. The van der Waals surface area contributed by atoms with Crippen LogP contribution in [-0.4, -0.2) is 42.7 Å². The zero-order valence-corrected chi connectivity index (χ0v) is 17.5. The van der Waals surface area contributed by atoms with Crippen molar-refractivity contribution >= 4 is 58.0 Å². The molecule has 12 heteroatoms. The van der Waals surface area contributed by atoms with Crippen molar-refractivity contribution in [2.24, 2.45) is 0 Å². The Morgan fingerprint density at radius 2 is 0.875 bits per heavy atom. The second-order valence-corrected chi connectivity index (χ2v) is 8.30. The zero-order valence-electron chi connectivity index (χ0n) is 15.9. The molecule has 32 heavy (non-hydrogen) atoms. The van der Waals surface area contributed by atoms with Gasteiger partial charge in [0.1, 0.15) is 23.0 Å². The van der Waals surface area contributed by atoms with Crippen LogP contribution in [0, 0.1) is 0 Å². The highest BCUT2D eigenvalue weighted by atomic mass is 32.2. The highest BCUT2D eigenvalue weighted by molar-refractivity contribution is 8.18. The number of phenols is 4. The van der Waals surface area contributed by atoms with Crippen LogP contribution in [0.1, 0.15) is 11.1 Å². The molecule has 0 aromatic heterocycles. The molecule has 0 bridgehead atoms. The van der Waals surface area contributed by atoms with E-state index in [2.05, 4.69) is 10.6 Å². The van der Waals surface area contributed by atoms with Gasteiger partial charge in [0.15, 0.2) is 0 Å². The molecule has 0 saturated carbocycles. The van der Waals surface area contributed by atoms with Crippen molar-refractivity contribution in [3.8, 4) is 23.0 Å². The summed E-state index contributed by atoms with van der Waals surface area (Å²) in [5.74, 6) is -1.39. The molecule has 2 saturated heterocycles. The van der Waals surface area contributed by atoms with Crippen LogP contribution in [0.15, 0.2) is 46.2 Å². The Balaban J connectivity index is 0.000000181. The third kappa shape index (κ3) is 6.06. The summed E-state index contributed by atoms with van der Waals surface area (Å²) in [6.45, 7) is 0. The van der Waals surface area contributed by atoms with Crippen molar-refractivity contribution in [2.45, 2.75) is 0 Å². The Hall–Kier alpha value is -3.90. The number of nitrogens with one attached hydrogen (secondary N) is 2. The minimum absolute atomic E-state index is 0.110. The van der Waals surface area contributed by atoms with Crippen LogP contribution in [0.25, 0.3) is 12.2 Å². The second-order valence-electron chi connectivity index (χ2n) is 6.27. The van der Waals surface area contributed by atoms with E-state index >= 15 is 0 Å². The molecule has 0 atom stereocenters. The highest BCUT2D eigenvalue weighted by Crippen LogP contribution is 2.29. The van der Waals surface area contributed by atoms with Gasteiger partial charge < -0.3 is 20.4 Å². The lowest BCUT2D eigenvalue weighted by Gasteiger charge is -1.98. The number of amides is 4. The Kier molecular flexibility index (Phi) is 6.76. The molecular weight excluding hydrogens is 460 g/mol. The third-order valence-corrected chi connectivity index (χ3v) is 5.35. The van der Waals surface area contributed by atoms with E-state index in [-0.39, 0.29) is 32.8 Å². The van der Waals surface area contributed by atoms with Crippen molar-refractivity contribution < 1.29 is 39.6 Å². The first-order valence-corrected chi connectivity index (χ1v) is 10.3. The number of benzene rings is 2. The Morgan fingerprint density at radius 3 is 1.12 bits per heavy atom. The maximum absolute atomic E-state index is 11.2. The fraction of sp³-hybridized carbons (Fsp3) is 0. The Bertz CT molecular complexity index is 1070. The number of hydrogen-bond donors (Lipinski definition) is 6. The summed E-state index contributed by atoms with van der Waals surface area (Å²) in [5, 5.41) is 40.2. The van der Waals surface area contributed by atoms with Crippen LogP contribution >= 0.6 is 23.5 Å². The number of carbonyl (C=O) groups excluding carboxylic acids is 4. The van der Waals surface area contributed by atoms with E-state index in [0.717, 1.165) is 23.5 Å². The van der Waals surface area contributed by atoms with Gasteiger partial charge in [0.05, 0.1) is 9.81 Å². The molecule has 4 amide bonds. The molecule has 6 N–H and O–H groups in total. The third-order valence-electron chi connectivity index (χ3n) is 3.73. The van der Waals surface area contributed by atoms with Gasteiger partial charge in [-0.25, -0.2) is 0 Å². The summed E-state index contributed by atoms with van der Waals surface area (Å²) >= 11 is 1.56. The van der Waals surface area contributed by atoms with E-state index in [1.807, 2.05) is 0 Å². The SMILES string of the molecule is O=C1NC(=O)C(=Cc2cc(O)cc(O)c2)S1.O=C1NC(=O)C(=Cc2cc(O)cc(O)c2)S1. The molecule has 2 heterocycles. The average molecular weight is 474 g/mol. The summed E-state index contributed by atoms with van der Waals surface area (Å²) in [7, 11) is 0. The fourth-order valence-corrected chi connectivity index (χ4v) is 3.91. The number of carbonyl (C=O) groups is 4. The van der Waals surface area contributed by atoms with Crippen molar-refractivity contribution in [1.29, 1.82) is 0 Å². The quantitative estimate of drug-likeness (QED) is 0.355. The largest absolute Gasteiger partial charge is 0.508 e. The standard InChI is InChI=1S/2C10H7NO4S/c2*12-6-1-5(2-7(13)4-6)3-8-9(14)11-10(15)16-8/h2*1-4,12-13H,(H,11,14,15). The zero-order chi connectivity index (χ0) is 23.4. The molecule has 2 aliphatic heterocycles. The summed E-state index contributed by atoms with van der Waals surface area (Å²) in [6.07, 6.45) is 2.84. The highest BCUT2D eigenvalue weighted by Gasteiger charge is 2.25. The predicted octanol–water partition coefficient (Wildman–Crippen LogP) is 2.84. The van der Waals surface area contributed by atoms with Crippen LogP contribution in [0.4, 0.5) is 9.59 Å². The van der Waals surface area contributed by atoms with Gasteiger partial charge >= 0.3 is 0 Å². The van der Waals surface area contributed by atoms with Crippen LogP contribution in [0.5, 0.6) is 23.0 Å². The number of aromatic hydroxyl groups is 4. The summed E-state index contributed by atoms with van der Waals surface area (Å²) < 4.78 is 0. The van der Waals surface area contributed by atoms with E-state index in [0.29, 0.717) is 11.1 Å². The maximum Gasteiger partial charge on any atom is 0.290 e. The minimum atomic E-state index is -0.474. The van der Waals surface area contributed by atoms with Gasteiger partial charge in [0.2, 0.25) is 0 Å². The number of rotatable bonds is 2. The molecule has 2 aromatic carbocycles. The second kappa shape index (κ2) is 9.49. The lowest BCUT2D eigenvalue weighted by Crippen LogP contribution is -2.17. The van der Waals surface area contributed by atoms with E-state index in [9.17, 15) is 39.6 Å². The Labute approximate surface area is 188 Å². The topological polar surface area (TPSA) is 173 Å². The number of imide groups is 2. The molecule has 0 unspecified atom stereocenters. The van der Waals surface area contributed by atoms with Gasteiger partial charge in [-0.2, -0.15) is 0 Å². The van der Waals surface area contributed by atoms with Crippen LogP contribution in [0.3, 0.4) is 0 Å². The van der Waals surface area contributed by atoms with E-state index < -0.39 is 22.3 Å². The first kappa shape index (κ1) is 22.8. The van der Waals surface area contributed by atoms with Crippen molar-refractivity contribution in [3.05, 3.63) is 57.3 Å². The van der Waals surface area contributed by atoms with E-state index in [1.54, 1.807) is 0 Å². The van der Waals surface area contributed by atoms with Gasteiger partial charge in [-0.15, -0.1) is 0 Å². The molecule has 10 nitrogen and oxygen atoms in total. The van der Waals surface area contributed by atoms with Crippen LogP contribution < -0.4 is 10.6 Å². The molecule has 164 valence electrons. The molecule has 4 rings (SSSR count). The van der Waals surface area contributed by atoms with Gasteiger partial charge in [0.25, 0.3) is 22.3 Å². The number of phenolic OH excluding ortho intramolecular Hbond substituents is 4. The minimum Gasteiger partial charge on any atom is -0.508 e. The van der Waals surface area contributed by atoms with Gasteiger partial charge in [0, 0.05) is 12.1 Å². The Morgan fingerprint density at radius 1 is 0.562 bits per heavy atom. The molecule has 0 aliphatic carbocycles. The summed E-state index contributed by atoms with van der Waals surface area (Å²) in [5.41, 5.74) is 0.898. The van der Waals surface area contributed by atoms with Crippen molar-refractivity contribution in [3.63, 3.8) is 0 Å². The molecule has 2 fully saturated rings. The maximum atomic E-state index is 11.2. The van der Waals surface area contributed by atoms with Crippen LogP contribution in [0.2, 0.25) is 0 Å². The average Bonchev–Trinajstić information content (AvgIpc) is 3.13. The number of thioether (sulfide) groups is 2. The monoisotopic (exact) mass is 474 g/mol. The van der Waals surface area contributed by atoms with E-state index in [1.165, 1.54) is 48.6 Å². The molecule has 2 aliphatic rings. The van der Waals surface area contributed by atoms with Gasteiger partial charge in [-0.3, -0.25) is 29.8 Å². The fourth-order valence-electron chi connectivity index (χ4n) is 2.55. The number of hydrogen-bond acceptors (Lipinski definition) is 10. The van der Waals surface area contributed by atoms with Gasteiger partial charge in [-0.05, 0) is 71.1 Å². The van der Waals surface area contributed by atoms with Crippen LogP contribution in [-0.2, 0) is 9.59 Å². The smallest absolute Gasteiger partial charge is 0.290 e. The lowest BCUT2D eigenvalue weighted by atomic mass is 10.2. The summed E-state index contributed by atoms with van der Waals surface area (Å²) in [4.78, 5) is 44.6. The van der Waals surface area contributed by atoms with Gasteiger partial charge in [-0.1, -0.05) is 0 Å². The molecule has 2 aromatic rings. The molecule has 0 radical (unpaired) electrons. The summed E-state index contributed by atoms with van der Waals surface area (Å²) in [6, 6.07) is 7.86. The lowest BCUT2D eigenvalue weighted by molar-refractivity contribution is -0.116. The predicted molar refractivity (Wildman–Crippen MR) is 118 cm³/mol. The van der Waals surface area contributed by atoms with Crippen molar-refractivity contribution in [1.82, 2.24) is 10.6 Å². The molecule has 0 spiro atoms. The van der Waals surface area contributed by atoms with Crippen molar-refractivity contribution in [2.75, 3.05) is 0 Å². The first-order chi connectivity index (χ1) is 15.1.